The Morgan fingerprint density at radius 2 is 2.35 bits per heavy atom. The largest absolute Gasteiger partial charge is 0.480 e. The first-order chi connectivity index (χ1) is 9.66. The number of hydrogen-bond acceptors (Lipinski definition) is 4. The van der Waals surface area contributed by atoms with Gasteiger partial charge in [0, 0.05) is 12.6 Å². The first-order valence-corrected chi connectivity index (χ1v) is 6.30. The molecular weight excluding hydrogens is 262 g/mol. The average molecular weight is 275 g/mol. The van der Waals surface area contributed by atoms with E-state index in [2.05, 4.69) is 10.2 Å². The zero-order chi connectivity index (χ0) is 14.1. The van der Waals surface area contributed by atoms with E-state index in [0.717, 1.165) is 0 Å². The van der Waals surface area contributed by atoms with Crippen molar-refractivity contribution in [3.05, 3.63) is 30.2 Å². The molecule has 7 nitrogen and oxygen atoms in total. The van der Waals surface area contributed by atoms with Crippen LogP contribution in [0.25, 0.3) is 11.5 Å². The third kappa shape index (κ3) is 2.07. The zero-order valence-electron chi connectivity index (χ0n) is 10.6. The highest BCUT2D eigenvalue weighted by atomic mass is 16.4. The van der Waals surface area contributed by atoms with E-state index in [9.17, 15) is 9.59 Å². The number of aromatic amines is 1. The number of amides is 1. The fraction of sp³-hybridized carbons (Fsp3) is 0.308. The van der Waals surface area contributed by atoms with E-state index >= 15 is 0 Å². The fourth-order valence-electron chi connectivity index (χ4n) is 2.40. The molecule has 104 valence electrons. The summed E-state index contributed by atoms with van der Waals surface area (Å²) < 4.78 is 5.21. The lowest BCUT2D eigenvalue weighted by Gasteiger charge is -2.19. The molecule has 1 saturated heterocycles. The molecule has 1 amide bonds. The van der Waals surface area contributed by atoms with E-state index < -0.39 is 12.0 Å². The molecule has 3 heterocycles. The Hall–Kier alpha value is -2.57. The number of H-pyrrole nitrogens is 1. The third-order valence-electron chi connectivity index (χ3n) is 3.38. The minimum absolute atomic E-state index is 0.199. The maximum Gasteiger partial charge on any atom is 0.326 e. The summed E-state index contributed by atoms with van der Waals surface area (Å²) in [6.07, 6.45) is 2.70. The summed E-state index contributed by atoms with van der Waals surface area (Å²) in [5, 5.41) is 15.8. The lowest BCUT2D eigenvalue weighted by molar-refractivity contribution is -0.141. The number of nitrogens with zero attached hydrogens (tertiary/aromatic N) is 2. The number of furan rings is 1. The smallest absolute Gasteiger partial charge is 0.326 e. The molecule has 2 aromatic rings. The molecule has 0 bridgehead atoms. The molecular formula is C13H13N3O4. The fourth-order valence-corrected chi connectivity index (χ4v) is 2.40. The van der Waals surface area contributed by atoms with Crippen LogP contribution in [0.2, 0.25) is 0 Å². The molecule has 0 aliphatic carbocycles. The van der Waals surface area contributed by atoms with Crippen LogP contribution in [0, 0.1) is 0 Å². The van der Waals surface area contributed by atoms with Gasteiger partial charge in [0.05, 0.1) is 6.26 Å². The van der Waals surface area contributed by atoms with E-state index in [1.807, 2.05) is 0 Å². The van der Waals surface area contributed by atoms with Crippen molar-refractivity contribution in [2.45, 2.75) is 18.9 Å². The number of carboxylic acid groups (broad SMARTS) is 1. The molecule has 1 aliphatic heterocycles. The Bertz CT molecular complexity index is 632. The van der Waals surface area contributed by atoms with E-state index in [-0.39, 0.29) is 11.6 Å². The van der Waals surface area contributed by atoms with Crippen LogP contribution < -0.4 is 0 Å². The summed E-state index contributed by atoms with van der Waals surface area (Å²) in [5.74, 6) is -0.769. The standard InChI is InChI=1S/C13H13N3O4/c17-12(16-5-1-3-10(16)13(18)19)9-7-8(14-15-9)11-4-2-6-20-11/h2,4,6-7,10H,1,3,5H2,(H,14,15)(H,18,19). The van der Waals surface area contributed by atoms with Gasteiger partial charge < -0.3 is 14.4 Å². The van der Waals surface area contributed by atoms with E-state index in [1.54, 1.807) is 18.2 Å². The topological polar surface area (TPSA) is 99.4 Å². The minimum Gasteiger partial charge on any atom is -0.480 e. The van der Waals surface area contributed by atoms with E-state index in [0.29, 0.717) is 30.8 Å². The first kappa shape index (κ1) is 12.5. The van der Waals surface area contributed by atoms with Crippen LogP contribution in [0.3, 0.4) is 0 Å². The number of carbonyl (C=O) groups is 2. The van der Waals surface area contributed by atoms with Gasteiger partial charge in [-0.25, -0.2) is 4.79 Å². The Morgan fingerprint density at radius 1 is 1.50 bits per heavy atom. The number of aliphatic carboxylic acids is 1. The average Bonchev–Trinajstić information content (AvgIpc) is 3.17. The Balaban J connectivity index is 1.83. The number of nitrogens with one attached hydrogen (secondary N) is 1. The van der Waals surface area contributed by atoms with Gasteiger partial charge in [0.1, 0.15) is 11.7 Å². The highest BCUT2D eigenvalue weighted by molar-refractivity contribution is 5.96. The Kier molecular flexibility index (Phi) is 3.02. The summed E-state index contributed by atoms with van der Waals surface area (Å²) in [6, 6.07) is 4.29. The molecule has 1 unspecified atom stereocenters. The van der Waals surface area contributed by atoms with Gasteiger partial charge in [0.2, 0.25) is 0 Å². The number of rotatable bonds is 3. The van der Waals surface area contributed by atoms with Crippen molar-refractivity contribution in [2.24, 2.45) is 0 Å². The second-order valence-corrected chi connectivity index (χ2v) is 4.64. The summed E-state index contributed by atoms with van der Waals surface area (Å²) >= 11 is 0. The number of hydrogen-bond donors (Lipinski definition) is 2. The molecule has 7 heteroatoms. The van der Waals surface area contributed by atoms with E-state index in [1.165, 1.54) is 11.2 Å². The van der Waals surface area contributed by atoms with Crippen molar-refractivity contribution in [1.29, 1.82) is 0 Å². The normalized spacial score (nSPS) is 18.4. The number of carbonyl (C=O) groups excluding carboxylic acids is 1. The predicted molar refractivity (Wildman–Crippen MR) is 68.0 cm³/mol. The molecule has 2 aromatic heterocycles. The highest BCUT2D eigenvalue weighted by Crippen LogP contribution is 2.22. The van der Waals surface area contributed by atoms with Gasteiger partial charge >= 0.3 is 5.97 Å². The van der Waals surface area contributed by atoms with Crippen LogP contribution in [0.1, 0.15) is 23.3 Å². The third-order valence-corrected chi connectivity index (χ3v) is 3.38. The second-order valence-electron chi connectivity index (χ2n) is 4.64. The number of aromatic nitrogens is 2. The van der Waals surface area contributed by atoms with Crippen LogP contribution in [0.4, 0.5) is 0 Å². The van der Waals surface area contributed by atoms with Gasteiger partial charge in [0.25, 0.3) is 5.91 Å². The molecule has 20 heavy (non-hydrogen) atoms. The summed E-state index contributed by atoms with van der Waals surface area (Å²) in [6.45, 7) is 0.443. The number of likely N-dealkylation sites (tertiary alicyclic amines) is 1. The van der Waals surface area contributed by atoms with Gasteiger partial charge in [-0.2, -0.15) is 5.10 Å². The molecule has 3 rings (SSSR count). The van der Waals surface area contributed by atoms with Crippen molar-refractivity contribution in [3.63, 3.8) is 0 Å². The maximum absolute atomic E-state index is 12.3. The molecule has 1 atom stereocenters. The van der Waals surface area contributed by atoms with Gasteiger partial charge in [-0.3, -0.25) is 9.89 Å². The monoisotopic (exact) mass is 275 g/mol. The van der Waals surface area contributed by atoms with Crippen LogP contribution >= 0.6 is 0 Å². The lowest BCUT2D eigenvalue weighted by Crippen LogP contribution is -2.40. The van der Waals surface area contributed by atoms with Crippen molar-refractivity contribution < 1.29 is 19.1 Å². The van der Waals surface area contributed by atoms with Gasteiger partial charge in [-0.1, -0.05) is 0 Å². The van der Waals surface area contributed by atoms with Gasteiger partial charge in [-0.15, -0.1) is 0 Å². The van der Waals surface area contributed by atoms with Crippen molar-refractivity contribution in [2.75, 3.05) is 6.54 Å². The SMILES string of the molecule is O=C(O)C1CCCN1C(=O)c1cc(-c2ccco2)[nH]n1. The minimum atomic E-state index is -0.974. The highest BCUT2D eigenvalue weighted by Gasteiger charge is 2.35. The molecule has 0 aromatic carbocycles. The van der Waals surface area contributed by atoms with Gasteiger partial charge in [-0.05, 0) is 25.0 Å². The number of carboxylic acids is 1. The van der Waals surface area contributed by atoms with Crippen molar-refractivity contribution >= 4 is 11.9 Å². The quantitative estimate of drug-likeness (QED) is 0.881. The molecule has 1 aliphatic rings. The Labute approximate surface area is 114 Å². The molecule has 2 N–H and O–H groups in total. The predicted octanol–water partition coefficient (Wildman–Crippen LogP) is 1.36. The van der Waals surface area contributed by atoms with Crippen LogP contribution in [0.5, 0.6) is 0 Å². The van der Waals surface area contributed by atoms with Crippen LogP contribution in [0.15, 0.2) is 28.9 Å². The molecule has 0 radical (unpaired) electrons. The maximum atomic E-state index is 12.3. The van der Waals surface area contributed by atoms with E-state index in [4.69, 9.17) is 9.52 Å². The lowest BCUT2D eigenvalue weighted by atomic mass is 10.2. The van der Waals surface area contributed by atoms with Crippen molar-refractivity contribution in [1.82, 2.24) is 15.1 Å². The molecule has 0 spiro atoms. The Morgan fingerprint density at radius 3 is 3.05 bits per heavy atom. The summed E-state index contributed by atoms with van der Waals surface area (Å²) in [5.41, 5.74) is 0.786. The molecule has 0 saturated carbocycles. The first-order valence-electron chi connectivity index (χ1n) is 6.30. The van der Waals surface area contributed by atoms with Gasteiger partial charge in [0.15, 0.2) is 11.5 Å². The van der Waals surface area contributed by atoms with Crippen molar-refractivity contribution in [3.8, 4) is 11.5 Å². The second kappa shape index (κ2) is 4.84. The zero-order valence-corrected chi connectivity index (χ0v) is 10.6. The molecule has 1 fully saturated rings. The van der Waals surface area contributed by atoms with Crippen LogP contribution in [-0.2, 0) is 4.79 Å². The summed E-state index contributed by atoms with van der Waals surface area (Å²) in [7, 11) is 0. The summed E-state index contributed by atoms with van der Waals surface area (Å²) in [4.78, 5) is 24.7. The van der Waals surface area contributed by atoms with Crippen LogP contribution in [-0.4, -0.2) is 44.7 Å².